The maximum absolute atomic E-state index is 12.2. The second-order valence-electron chi connectivity index (χ2n) is 10.8. The fourth-order valence-electron chi connectivity index (χ4n) is 5.85. The number of halogens is 1. The molecule has 1 amide bonds. The summed E-state index contributed by atoms with van der Waals surface area (Å²) in [6, 6.07) is 17.7. The van der Waals surface area contributed by atoms with Gasteiger partial charge in [0.15, 0.2) is 5.82 Å². The number of hydrogen-bond acceptors (Lipinski definition) is 7. The monoisotopic (exact) mass is 575 g/mol. The van der Waals surface area contributed by atoms with Crippen molar-refractivity contribution in [2.24, 2.45) is 0 Å². The van der Waals surface area contributed by atoms with Gasteiger partial charge in [0.1, 0.15) is 0 Å². The van der Waals surface area contributed by atoms with Crippen LogP contribution in [-0.4, -0.2) is 60.2 Å². The molecule has 2 aliphatic heterocycles. The summed E-state index contributed by atoms with van der Waals surface area (Å²) in [6.45, 7) is 8.47. The van der Waals surface area contributed by atoms with Crippen LogP contribution >= 0.6 is 22.9 Å². The summed E-state index contributed by atoms with van der Waals surface area (Å²) in [7, 11) is 2.14. The Hall–Kier alpha value is -3.04. The van der Waals surface area contributed by atoms with Crippen LogP contribution in [0.1, 0.15) is 36.3 Å². The van der Waals surface area contributed by atoms with Crippen molar-refractivity contribution < 1.29 is 9.53 Å². The topological polar surface area (TPSA) is 61.8 Å². The predicted molar refractivity (Wildman–Crippen MR) is 163 cm³/mol. The number of nitrogens with zero attached hydrogens (tertiary/aromatic N) is 5. The smallest absolute Gasteiger partial charge is 0.224 e. The number of benzene rings is 2. The highest BCUT2D eigenvalue weighted by atomic mass is 35.5. The van der Waals surface area contributed by atoms with Crippen molar-refractivity contribution in [2.45, 2.75) is 45.8 Å². The first-order valence-corrected chi connectivity index (χ1v) is 15.0. The molecule has 1 fully saturated rings. The minimum Gasteiger partial charge on any atom is -0.378 e. The minimum absolute atomic E-state index is 0.111. The Bertz CT molecular complexity index is 1530. The van der Waals surface area contributed by atoms with Gasteiger partial charge >= 0.3 is 0 Å². The molecule has 40 heavy (non-hydrogen) atoms. The summed E-state index contributed by atoms with van der Waals surface area (Å²) in [5.41, 5.74) is 6.86. The summed E-state index contributed by atoms with van der Waals surface area (Å²) in [5, 5.41) is 0.288. The van der Waals surface area contributed by atoms with Crippen LogP contribution in [0.5, 0.6) is 0 Å². The van der Waals surface area contributed by atoms with E-state index in [4.69, 9.17) is 16.3 Å². The van der Waals surface area contributed by atoms with E-state index in [1.54, 1.807) is 18.3 Å². The number of thiophene rings is 1. The Balaban J connectivity index is 1.14. The second-order valence-corrected chi connectivity index (χ2v) is 12.3. The lowest BCUT2D eigenvalue weighted by Crippen LogP contribution is -2.40. The van der Waals surface area contributed by atoms with Crippen LogP contribution in [0.2, 0.25) is 5.28 Å². The van der Waals surface area contributed by atoms with Gasteiger partial charge in [-0.05, 0) is 78.9 Å². The Morgan fingerprint density at radius 3 is 2.58 bits per heavy atom. The predicted octanol–water partition coefficient (Wildman–Crippen LogP) is 6.17. The van der Waals surface area contributed by atoms with E-state index in [9.17, 15) is 4.79 Å². The number of aryl methyl sites for hydroxylation is 1. The van der Waals surface area contributed by atoms with Crippen LogP contribution in [-0.2, 0) is 29.0 Å². The Morgan fingerprint density at radius 1 is 1.07 bits per heavy atom. The number of rotatable bonds is 6. The van der Waals surface area contributed by atoms with Crippen LogP contribution in [0.25, 0.3) is 21.3 Å². The molecule has 0 spiro atoms. The van der Waals surface area contributed by atoms with Gasteiger partial charge in [0.2, 0.25) is 11.2 Å². The molecule has 0 N–H and O–H groups in total. The molecule has 0 saturated carbocycles. The van der Waals surface area contributed by atoms with Crippen LogP contribution < -0.4 is 9.80 Å². The number of ether oxygens (including phenoxy) is 1. The van der Waals surface area contributed by atoms with Crippen molar-refractivity contribution >= 4 is 50.6 Å². The molecule has 2 aliphatic rings. The van der Waals surface area contributed by atoms with Crippen molar-refractivity contribution in [3.8, 4) is 11.1 Å². The SMILES string of the molecule is CC(=O)N1c2ccc(-c3ccc(CN(C)Cc4cc5nc(Cl)nc(N6CCOCC6)c5s4)cc3)cc2CC[C@@H]1C. The van der Waals surface area contributed by atoms with Crippen LogP contribution in [0, 0.1) is 0 Å². The number of aromatic nitrogens is 2. The normalized spacial score (nSPS) is 17.5. The molecule has 6 rings (SSSR count). The molecule has 0 aliphatic carbocycles. The van der Waals surface area contributed by atoms with Crippen molar-refractivity contribution in [1.29, 1.82) is 0 Å². The fraction of sp³-hybridized carbons (Fsp3) is 0.387. The summed E-state index contributed by atoms with van der Waals surface area (Å²) < 4.78 is 6.60. The highest BCUT2D eigenvalue weighted by Crippen LogP contribution is 2.35. The number of carbonyl (C=O) groups excluding carboxylic acids is 1. The molecule has 208 valence electrons. The van der Waals surface area contributed by atoms with Crippen LogP contribution in [0.3, 0.4) is 0 Å². The summed E-state index contributed by atoms with van der Waals surface area (Å²) in [5.74, 6) is 1.03. The average molecular weight is 576 g/mol. The van der Waals surface area contributed by atoms with Gasteiger partial charge in [0, 0.05) is 49.7 Å². The first kappa shape index (κ1) is 27.1. The standard InChI is InChI=1S/C31H34ClN5O2S/c1-20-4-7-25-16-24(10-11-28(25)37(20)21(2)38)23-8-5-22(6-9-23)18-35(3)19-26-17-27-29(40-26)30(34-31(32)33-27)36-12-14-39-15-13-36/h5-6,8-11,16-17,20H,4,7,12-15,18-19H2,1-3H3/t20-/m0/s1. The second kappa shape index (κ2) is 11.4. The zero-order valence-electron chi connectivity index (χ0n) is 23.2. The van der Waals surface area contributed by atoms with Gasteiger partial charge in [-0.1, -0.05) is 30.3 Å². The summed E-state index contributed by atoms with van der Waals surface area (Å²) in [6.07, 6.45) is 2.00. The van der Waals surface area contributed by atoms with Gasteiger partial charge in [0.25, 0.3) is 0 Å². The Morgan fingerprint density at radius 2 is 1.82 bits per heavy atom. The van der Waals surface area contributed by atoms with E-state index in [0.29, 0.717) is 13.2 Å². The van der Waals surface area contributed by atoms with Gasteiger partial charge in [0.05, 0.1) is 23.4 Å². The first-order chi connectivity index (χ1) is 19.4. The quantitative estimate of drug-likeness (QED) is 0.256. The molecular formula is C31H34ClN5O2S. The molecular weight excluding hydrogens is 542 g/mol. The number of amides is 1. The number of anilines is 2. The van der Waals surface area contributed by atoms with Gasteiger partial charge in [-0.15, -0.1) is 11.3 Å². The number of fused-ring (bicyclic) bond motifs is 2. The van der Waals surface area contributed by atoms with Crippen molar-refractivity contribution in [3.63, 3.8) is 0 Å². The Labute approximate surface area is 244 Å². The van der Waals surface area contributed by atoms with E-state index in [2.05, 4.69) is 82.3 Å². The van der Waals surface area contributed by atoms with E-state index in [0.717, 1.165) is 60.7 Å². The molecule has 9 heteroatoms. The van der Waals surface area contributed by atoms with Crippen molar-refractivity contribution in [1.82, 2.24) is 14.9 Å². The molecule has 4 aromatic rings. The lowest BCUT2D eigenvalue weighted by atomic mass is 9.93. The molecule has 7 nitrogen and oxygen atoms in total. The molecule has 2 aromatic carbocycles. The number of hydrogen-bond donors (Lipinski definition) is 0. The van der Waals surface area contributed by atoms with Crippen molar-refractivity contribution in [2.75, 3.05) is 43.2 Å². The minimum atomic E-state index is 0.111. The average Bonchev–Trinajstić information content (AvgIpc) is 3.34. The van der Waals surface area contributed by atoms with Crippen LogP contribution in [0.4, 0.5) is 11.5 Å². The van der Waals surface area contributed by atoms with Gasteiger partial charge in [-0.2, -0.15) is 4.98 Å². The third kappa shape index (κ3) is 5.59. The van der Waals surface area contributed by atoms with E-state index in [-0.39, 0.29) is 17.2 Å². The van der Waals surface area contributed by atoms with Crippen LogP contribution in [0.15, 0.2) is 48.5 Å². The number of morpholine rings is 1. The zero-order valence-corrected chi connectivity index (χ0v) is 24.8. The highest BCUT2D eigenvalue weighted by Gasteiger charge is 2.26. The van der Waals surface area contributed by atoms with E-state index in [1.165, 1.54) is 27.1 Å². The van der Waals surface area contributed by atoms with Crippen molar-refractivity contribution in [3.05, 3.63) is 69.8 Å². The summed E-state index contributed by atoms with van der Waals surface area (Å²) in [4.78, 5) is 29.0. The molecule has 1 saturated heterocycles. The summed E-state index contributed by atoms with van der Waals surface area (Å²) >= 11 is 8.03. The lowest BCUT2D eigenvalue weighted by molar-refractivity contribution is -0.117. The Kier molecular flexibility index (Phi) is 7.77. The highest BCUT2D eigenvalue weighted by molar-refractivity contribution is 7.19. The molecule has 2 aromatic heterocycles. The van der Waals surface area contributed by atoms with Gasteiger partial charge in [-0.3, -0.25) is 9.69 Å². The van der Waals surface area contributed by atoms with E-state index < -0.39 is 0 Å². The first-order valence-electron chi connectivity index (χ1n) is 13.8. The molecule has 0 radical (unpaired) electrons. The molecule has 0 unspecified atom stereocenters. The maximum Gasteiger partial charge on any atom is 0.224 e. The molecule has 0 bridgehead atoms. The largest absolute Gasteiger partial charge is 0.378 e. The maximum atomic E-state index is 12.2. The lowest BCUT2D eigenvalue weighted by Gasteiger charge is -2.34. The fourth-order valence-corrected chi connectivity index (χ4v) is 7.22. The number of carbonyl (C=O) groups is 1. The zero-order chi connectivity index (χ0) is 27.8. The third-order valence-corrected chi connectivity index (χ3v) is 9.08. The van der Waals surface area contributed by atoms with Gasteiger partial charge < -0.3 is 14.5 Å². The third-order valence-electron chi connectivity index (χ3n) is 7.80. The van der Waals surface area contributed by atoms with Gasteiger partial charge in [-0.25, -0.2) is 4.98 Å². The molecule has 4 heterocycles. The van der Waals surface area contributed by atoms with E-state index in [1.807, 2.05) is 4.90 Å². The van der Waals surface area contributed by atoms with E-state index >= 15 is 0 Å². The molecule has 1 atom stereocenters.